The zero-order valence-electron chi connectivity index (χ0n) is 11.7. The van der Waals surface area contributed by atoms with E-state index in [1.807, 2.05) is 0 Å². The van der Waals surface area contributed by atoms with E-state index in [0.29, 0.717) is 0 Å². The largest absolute Gasteiger partial charge is 0.416 e. The van der Waals surface area contributed by atoms with Gasteiger partial charge in [-0.3, -0.25) is 0 Å². The summed E-state index contributed by atoms with van der Waals surface area (Å²) in [5, 5.41) is 3.52. The Bertz CT molecular complexity index is 763. The second kappa shape index (κ2) is 5.73. The summed E-state index contributed by atoms with van der Waals surface area (Å²) < 4.78 is 69.9. The average Bonchev–Trinajstić information content (AvgIpc) is 2.76. The van der Waals surface area contributed by atoms with Gasteiger partial charge in [0.25, 0.3) is 0 Å². The number of sulfonamides is 1. The van der Waals surface area contributed by atoms with Crippen LogP contribution in [0.1, 0.15) is 22.6 Å². The molecule has 120 valence electrons. The summed E-state index contributed by atoms with van der Waals surface area (Å²) in [5.41, 5.74) is -0.893. The van der Waals surface area contributed by atoms with Crippen molar-refractivity contribution in [3.63, 3.8) is 0 Å². The first kappa shape index (κ1) is 16.5. The van der Waals surface area contributed by atoms with Gasteiger partial charge in [-0.25, -0.2) is 13.1 Å². The standard InChI is InChI=1S/C13H13F3N2O3S/c1-8-12(9(2)21-18-8)22(19,20)17-7-10-5-3-4-6-11(10)13(14,15)16/h3-6,17H,7H2,1-2H3. The van der Waals surface area contributed by atoms with E-state index in [9.17, 15) is 21.6 Å². The van der Waals surface area contributed by atoms with Crippen molar-refractivity contribution in [1.29, 1.82) is 0 Å². The Morgan fingerprint density at radius 1 is 1.23 bits per heavy atom. The van der Waals surface area contributed by atoms with Crippen LogP contribution in [0.2, 0.25) is 0 Å². The van der Waals surface area contributed by atoms with Crippen LogP contribution in [0.15, 0.2) is 33.7 Å². The van der Waals surface area contributed by atoms with Gasteiger partial charge in [0.1, 0.15) is 10.6 Å². The number of aromatic nitrogens is 1. The van der Waals surface area contributed by atoms with Gasteiger partial charge in [-0.15, -0.1) is 0 Å². The number of hydrogen-bond donors (Lipinski definition) is 1. The van der Waals surface area contributed by atoms with Gasteiger partial charge in [0, 0.05) is 6.54 Å². The number of aryl methyl sites for hydroxylation is 2. The lowest BCUT2D eigenvalue weighted by Gasteiger charge is -2.13. The number of halogens is 3. The topological polar surface area (TPSA) is 72.2 Å². The van der Waals surface area contributed by atoms with E-state index in [1.54, 1.807) is 0 Å². The first-order valence-corrected chi connectivity index (χ1v) is 7.69. The second-order valence-corrected chi connectivity index (χ2v) is 6.34. The third kappa shape index (κ3) is 3.30. The minimum atomic E-state index is -4.55. The Morgan fingerprint density at radius 3 is 2.41 bits per heavy atom. The van der Waals surface area contributed by atoms with Crippen LogP contribution in [0.5, 0.6) is 0 Å². The fourth-order valence-electron chi connectivity index (χ4n) is 2.05. The van der Waals surface area contributed by atoms with Gasteiger partial charge in [-0.05, 0) is 25.5 Å². The molecule has 22 heavy (non-hydrogen) atoms. The molecule has 2 aromatic rings. The van der Waals surface area contributed by atoms with Crippen molar-refractivity contribution in [2.24, 2.45) is 0 Å². The molecular formula is C13H13F3N2O3S. The zero-order chi connectivity index (χ0) is 16.5. The van der Waals surface area contributed by atoms with Crippen LogP contribution in [0.25, 0.3) is 0 Å². The van der Waals surface area contributed by atoms with Crippen LogP contribution >= 0.6 is 0 Å². The smallest absolute Gasteiger partial charge is 0.360 e. The summed E-state index contributed by atoms with van der Waals surface area (Å²) in [7, 11) is -4.01. The molecule has 0 spiro atoms. The van der Waals surface area contributed by atoms with Crippen molar-refractivity contribution >= 4 is 10.0 Å². The lowest BCUT2D eigenvalue weighted by atomic mass is 10.1. The van der Waals surface area contributed by atoms with E-state index in [2.05, 4.69) is 9.88 Å². The molecule has 0 atom stereocenters. The van der Waals surface area contributed by atoms with Crippen molar-refractivity contribution in [2.75, 3.05) is 0 Å². The fraction of sp³-hybridized carbons (Fsp3) is 0.308. The molecule has 1 heterocycles. The Kier molecular flexibility index (Phi) is 4.30. The molecule has 0 saturated heterocycles. The molecule has 0 aliphatic carbocycles. The number of benzene rings is 1. The van der Waals surface area contributed by atoms with Gasteiger partial charge in [0.15, 0.2) is 5.76 Å². The van der Waals surface area contributed by atoms with E-state index in [4.69, 9.17) is 4.52 Å². The third-order valence-electron chi connectivity index (χ3n) is 3.01. The van der Waals surface area contributed by atoms with Gasteiger partial charge in [0.2, 0.25) is 10.0 Å². The van der Waals surface area contributed by atoms with Crippen LogP contribution in [0.3, 0.4) is 0 Å². The molecule has 9 heteroatoms. The Hall–Kier alpha value is -1.87. The predicted molar refractivity (Wildman–Crippen MR) is 71.4 cm³/mol. The SMILES string of the molecule is Cc1noc(C)c1S(=O)(=O)NCc1ccccc1C(F)(F)F. The van der Waals surface area contributed by atoms with Crippen molar-refractivity contribution < 1.29 is 26.1 Å². The molecule has 1 aromatic carbocycles. The van der Waals surface area contributed by atoms with E-state index in [-0.39, 0.29) is 21.9 Å². The summed E-state index contributed by atoms with van der Waals surface area (Å²) in [6, 6.07) is 4.78. The number of alkyl halides is 3. The number of hydrogen-bond acceptors (Lipinski definition) is 4. The maximum Gasteiger partial charge on any atom is 0.416 e. The lowest BCUT2D eigenvalue weighted by Crippen LogP contribution is -2.25. The van der Waals surface area contributed by atoms with Crippen molar-refractivity contribution in [2.45, 2.75) is 31.5 Å². The number of rotatable bonds is 4. The molecule has 1 aromatic heterocycles. The van der Waals surface area contributed by atoms with Crippen molar-refractivity contribution in [3.05, 3.63) is 46.8 Å². The third-order valence-corrected chi connectivity index (χ3v) is 4.66. The minimum absolute atomic E-state index is 0.0779. The minimum Gasteiger partial charge on any atom is -0.360 e. The fourth-order valence-corrected chi connectivity index (χ4v) is 3.39. The van der Waals surface area contributed by atoms with Crippen LogP contribution in [-0.2, 0) is 22.7 Å². The van der Waals surface area contributed by atoms with E-state index >= 15 is 0 Å². The zero-order valence-corrected chi connectivity index (χ0v) is 12.5. The molecule has 0 unspecified atom stereocenters. The summed E-state index contributed by atoms with van der Waals surface area (Å²) in [6.07, 6.45) is -4.55. The highest BCUT2D eigenvalue weighted by atomic mass is 32.2. The molecule has 1 N–H and O–H groups in total. The molecule has 0 radical (unpaired) electrons. The van der Waals surface area contributed by atoms with Gasteiger partial charge in [-0.1, -0.05) is 23.4 Å². The van der Waals surface area contributed by atoms with Gasteiger partial charge in [0.05, 0.1) is 5.56 Å². The molecule has 2 rings (SSSR count). The van der Waals surface area contributed by atoms with E-state index in [0.717, 1.165) is 6.07 Å². The van der Waals surface area contributed by atoms with E-state index < -0.39 is 28.3 Å². The van der Waals surface area contributed by atoms with Gasteiger partial charge in [-0.2, -0.15) is 13.2 Å². The maximum atomic E-state index is 12.9. The molecule has 0 amide bonds. The van der Waals surface area contributed by atoms with E-state index in [1.165, 1.54) is 32.0 Å². The summed E-state index contributed by atoms with van der Waals surface area (Å²) in [4.78, 5) is -0.156. The van der Waals surface area contributed by atoms with Crippen LogP contribution < -0.4 is 4.72 Å². The first-order valence-electron chi connectivity index (χ1n) is 6.20. The van der Waals surface area contributed by atoms with Crippen molar-refractivity contribution in [3.8, 4) is 0 Å². The summed E-state index contributed by atoms with van der Waals surface area (Å²) >= 11 is 0. The highest BCUT2D eigenvalue weighted by molar-refractivity contribution is 7.89. The monoisotopic (exact) mass is 334 g/mol. The number of nitrogens with zero attached hydrogens (tertiary/aromatic N) is 1. The van der Waals surface area contributed by atoms with Gasteiger partial charge < -0.3 is 4.52 Å². The lowest BCUT2D eigenvalue weighted by molar-refractivity contribution is -0.138. The highest BCUT2D eigenvalue weighted by Gasteiger charge is 2.33. The first-order chi connectivity index (χ1) is 10.1. The maximum absolute atomic E-state index is 12.9. The molecule has 0 fully saturated rings. The molecular weight excluding hydrogens is 321 g/mol. The molecule has 0 aliphatic rings. The van der Waals surface area contributed by atoms with Crippen LogP contribution in [-0.4, -0.2) is 13.6 Å². The highest BCUT2D eigenvalue weighted by Crippen LogP contribution is 2.32. The summed E-state index contributed by atoms with van der Waals surface area (Å²) in [5.74, 6) is 0.0779. The number of nitrogens with one attached hydrogen (secondary N) is 1. The molecule has 5 nitrogen and oxygen atoms in total. The second-order valence-electron chi connectivity index (χ2n) is 4.63. The molecule has 0 aliphatic heterocycles. The van der Waals surface area contributed by atoms with Crippen LogP contribution in [0.4, 0.5) is 13.2 Å². The van der Waals surface area contributed by atoms with Gasteiger partial charge >= 0.3 is 6.18 Å². The quantitative estimate of drug-likeness (QED) is 0.933. The van der Waals surface area contributed by atoms with Crippen molar-refractivity contribution in [1.82, 2.24) is 9.88 Å². The molecule has 0 bridgehead atoms. The summed E-state index contributed by atoms with van der Waals surface area (Å²) in [6.45, 7) is 2.37. The van der Waals surface area contributed by atoms with Crippen LogP contribution in [0, 0.1) is 13.8 Å². The Morgan fingerprint density at radius 2 is 1.86 bits per heavy atom. The normalized spacial score (nSPS) is 12.6. The predicted octanol–water partition coefficient (Wildman–Crippen LogP) is 2.79. The average molecular weight is 334 g/mol. The Balaban J connectivity index is 2.28. The Labute approximate surface area is 125 Å². The molecule has 0 saturated carbocycles.